The molecular weight excluding hydrogens is 382 g/mol. The Morgan fingerprint density at radius 2 is 1.83 bits per heavy atom. The SMILES string of the molecule is CCN(CC(=O)NC[C@@H](c1ccco1)N(CC)CC)Cc1ccc2c(c1)OCCO2. The monoisotopic (exact) mass is 415 g/mol. The van der Waals surface area contributed by atoms with Gasteiger partial charge in [0.05, 0.1) is 18.8 Å². The van der Waals surface area contributed by atoms with Crippen molar-refractivity contribution in [2.45, 2.75) is 33.4 Å². The summed E-state index contributed by atoms with van der Waals surface area (Å²) in [6, 6.07) is 9.86. The number of carbonyl (C=O) groups excluding carboxylic acids is 1. The largest absolute Gasteiger partial charge is 0.486 e. The minimum absolute atomic E-state index is 0.0121. The van der Waals surface area contributed by atoms with Crippen molar-refractivity contribution in [2.75, 3.05) is 45.9 Å². The second-order valence-electron chi connectivity index (χ2n) is 7.34. The highest BCUT2D eigenvalue weighted by Gasteiger charge is 2.22. The lowest BCUT2D eigenvalue weighted by atomic mass is 10.1. The van der Waals surface area contributed by atoms with E-state index in [4.69, 9.17) is 13.9 Å². The van der Waals surface area contributed by atoms with Crippen LogP contribution in [-0.2, 0) is 11.3 Å². The quantitative estimate of drug-likeness (QED) is 0.608. The molecule has 0 bridgehead atoms. The normalized spacial score (nSPS) is 14.2. The van der Waals surface area contributed by atoms with Crippen molar-refractivity contribution in [3.8, 4) is 11.5 Å². The standard InChI is InChI=1S/C23H33N3O4/c1-4-25(16-18-9-10-21-22(14-18)30-13-12-29-21)17-23(27)24-15-19(26(5-2)6-3)20-8-7-11-28-20/h7-11,14,19H,4-6,12-13,15-17H2,1-3H3,(H,24,27)/t19-/m0/s1. The maximum Gasteiger partial charge on any atom is 0.234 e. The van der Waals surface area contributed by atoms with Gasteiger partial charge in [-0.1, -0.05) is 26.8 Å². The molecule has 7 heteroatoms. The van der Waals surface area contributed by atoms with Gasteiger partial charge in [0.15, 0.2) is 11.5 Å². The number of nitrogens with one attached hydrogen (secondary N) is 1. The topological polar surface area (TPSA) is 67.2 Å². The van der Waals surface area contributed by atoms with E-state index in [0.717, 1.165) is 42.5 Å². The van der Waals surface area contributed by atoms with Crippen LogP contribution in [0.4, 0.5) is 0 Å². The molecule has 0 fully saturated rings. The predicted molar refractivity (Wildman–Crippen MR) is 116 cm³/mol. The van der Waals surface area contributed by atoms with Gasteiger partial charge < -0.3 is 19.2 Å². The molecule has 0 unspecified atom stereocenters. The summed E-state index contributed by atoms with van der Waals surface area (Å²) in [5, 5.41) is 3.09. The Bertz CT molecular complexity index is 790. The number of furan rings is 1. The molecule has 1 aliphatic rings. The lowest BCUT2D eigenvalue weighted by molar-refractivity contribution is -0.122. The van der Waals surface area contributed by atoms with Crippen LogP contribution in [0.2, 0.25) is 0 Å². The molecule has 7 nitrogen and oxygen atoms in total. The van der Waals surface area contributed by atoms with Crippen LogP contribution in [0.5, 0.6) is 11.5 Å². The Kier molecular flexibility index (Phi) is 8.16. The molecule has 0 saturated carbocycles. The van der Waals surface area contributed by atoms with E-state index >= 15 is 0 Å². The minimum atomic E-state index is 0.0121. The molecule has 30 heavy (non-hydrogen) atoms. The summed E-state index contributed by atoms with van der Waals surface area (Å²) in [5.41, 5.74) is 1.10. The highest BCUT2D eigenvalue weighted by Crippen LogP contribution is 2.31. The fraction of sp³-hybridized carbons (Fsp3) is 0.522. The summed E-state index contributed by atoms with van der Waals surface area (Å²) in [6.45, 7) is 11.6. The fourth-order valence-corrected chi connectivity index (χ4v) is 3.75. The Hall–Kier alpha value is -2.51. The smallest absolute Gasteiger partial charge is 0.234 e. The molecule has 164 valence electrons. The van der Waals surface area contributed by atoms with E-state index in [1.165, 1.54) is 0 Å². The summed E-state index contributed by atoms with van der Waals surface area (Å²) >= 11 is 0. The van der Waals surface area contributed by atoms with Crippen LogP contribution in [0.15, 0.2) is 41.0 Å². The van der Waals surface area contributed by atoms with Gasteiger partial charge in [0.25, 0.3) is 0 Å². The second kappa shape index (κ2) is 11.0. The van der Waals surface area contributed by atoms with Crippen LogP contribution in [0.1, 0.15) is 38.1 Å². The van der Waals surface area contributed by atoms with Crippen LogP contribution >= 0.6 is 0 Å². The van der Waals surface area contributed by atoms with Crippen LogP contribution in [0.3, 0.4) is 0 Å². The molecule has 3 rings (SSSR count). The number of carbonyl (C=O) groups is 1. The first kappa shape index (κ1) is 22.2. The van der Waals surface area contributed by atoms with E-state index in [0.29, 0.717) is 32.8 Å². The van der Waals surface area contributed by atoms with E-state index in [1.54, 1.807) is 6.26 Å². The van der Waals surface area contributed by atoms with Crippen molar-refractivity contribution >= 4 is 5.91 Å². The van der Waals surface area contributed by atoms with E-state index in [1.807, 2.05) is 30.3 Å². The lowest BCUT2D eigenvalue weighted by Gasteiger charge is -2.28. The number of ether oxygens (including phenoxy) is 2. The van der Waals surface area contributed by atoms with Crippen molar-refractivity contribution in [3.05, 3.63) is 47.9 Å². The van der Waals surface area contributed by atoms with Crippen molar-refractivity contribution < 1.29 is 18.7 Å². The Balaban J connectivity index is 1.55. The zero-order chi connectivity index (χ0) is 21.3. The molecule has 0 aliphatic carbocycles. The number of likely N-dealkylation sites (N-methyl/N-ethyl adjacent to an activating group) is 2. The molecular formula is C23H33N3O4. The number of rotatable bonds is 11. The van der Waals surface area contributed by atoms with Crippen LogP contribution < -0.4 is 14.8 Å². The summed E-state index contributed by atoms with van der Waals surface area (Å²) in [5.74, 6) is 2.45. The number of benzene rings is 1. The van der Waals surface area contributed by atoms with Gasteiger partial charge in [-0.3, -0.25) is 14.6 Å². The summed E-state index contributed by atoms with van der Waals surface area (Å²) < 4.78 is 16.9. The third-order valence-electron chi connectivity index (χ3n) is 5.44. The van der Waals surface area contributed by atoms with E-state index in [2.05, 4.69) is 35.9 Å². The molecule has 2 heterocycles. The molecule has 0 spiro atoms. The summed E-state index contributed by atoms with van der Waals surface area (Å²) in [6.07, 6.45) is 1.68. The van der Waals surface area contributed by atoms with Crippen molar-refractivity contribution in [1.29, 1.82) is 0 Å². The first-order valence-electron chi connectivity index (χ1n) is 10.8. The first-order chi connectivity index (χ1) is 14.6. The Morgan fingerprint density at radius 3 is 2.50 bits per heavy atom. The molecule has 1 atom stereocenters. The number of amides is 1. The van der Waals surface area contributed by atoms with Crippen LogP contribution in [0.25, 0.3) is 0 Å². The summed E-state index contributed by atoms with van der Waals surface area (Å²) in [7, 11) is 0. The van der Waals surface area contributed by atoms with Gasteiger partial charge in [-0.15, -0.1) is 0 Å². The number of nitrogens with zero attached hydrogens (tertiary/aromatic N) is 2. The number of fused-ring (bicyclic) bond motifs is 1. The lowest BCUT2D eigenvalue weighted by Crippen LogP contribution is -2.42. The zero-order valence-electron chi connectivity index (χ0n) is 18.2. The average Bonchev–Trinajstić information content (AvgIpc) is 3.30. The molecule has 1 aromatic carbocycles. The average molecular weight is 416 g/mol. The predicted octanol–water partition coefficient (Wildman–Crippen LogP) is 3.07. The molecule has 0 saturated heterocycles. The maximum atomic E-state index is 12.7. The van der Waals surface area contributed by atoms with E-state index < -0.39 is 0 Å². The first-order valence-corrected chi connectivity index (χ1v) is 10.8. The van der Waals surface area contributed by atoms with Gasteiger partial charge in [-0.05, 0) is 49.5 Å². The highest BCUT2D eigenvalue weighted by atomic mass is 16.6. The van der Waals surface area contributed by atoms with Crippen LogP contribution in [0, 0.1) is 0 Å². The van der Waals surface area contributed by atoms with Gasteiger partial charge in [0.1, 0.15) is 19.0 Å². The van der Waals surface area contributed by atoms with Crippen molar-refractivity contribution in [1.82, 2.24) is 15.1 Å². The van der Waals surface area contributed by atoms with Crippen molar-refractivity contribution in [2.24, 2.45) is 0 Å². The fourth-order valence-electron chi connectivity index (χ4n) is 3.75. The molecule has 1 N–H and O–H groups in total. The van der Waals surface area contributed by atoms with Crippen LogP contribution in [-0.4, -0.2) is 61.6 Å². The zero-order valence-corrected chi connectivity index (χ0v) is 18.2. The number of hydrogen-bond donors (Lipinski definition) is 1. The number of hydrogen-bond acceptors (Lipinski definition) is 6. The van der Waals surface area contributed by atoms with Gasteiger partial charge in [-0.25, -0.2) is 0 Å². The molecule has 1 aromatic heterocycles. The van der Waals surface area contributed by atoms with E-state index in [-0.39, 0.29) is 11.9 Å². The van der Waals surface area contributed by atoms with E-state index in [9.17, 15) is 4.79 Å². The van der Waals surface area contributed by atoms with Gasteiger partial charge in [-0.2, -0.15) is 0 Å². The molecule has 2 aromatic rings. The third kappa shape index (κ3) is 5.77. The van der Waals surface area contributed by atoms with Crippen molar-refractivity contribution in [3.63, 3.8) is 0 Å². The molecule has 0 radical (unpaired) electrons. The minimum Gasteiger partial charge on any atom is -0.486 e. The maximum absolute atomic E-state index is 12.7. The summed E-state index contributed by atoms with van der Waals surface area (Å²) in [4.78, 5) is 17.1. The van der Waals surface area contributed by atoms with Gasteiger partial charge in [0.2, 0.25) is 5.91 Å². The molecule has 1 aliphatic heterocycles. The second-order valence-corrected chi connectivity index (χ2v) is 7.34. The van der Waals surface area contributed by atoms with Gasteiger partial charge in [0, 0.05) is 13.1 Å². The van der Waals surface area contributed by atoms with Gasteiger partial charge >= 0.3 is 0 Å². The molecule has 1 amide bonds. The third-order valence-corrected chi connectivity index (χ3v) is 5.44. The Morgan fingerprint density at radius 1 is 1.07 bits per heavy atom. The Labute approximate surface area is 178 Å². The highest BCUT2D eigenvalue weighted by molar-refractivity contribution is 5.78.